The standard InChI is InChI=1S/C21H16BrClN2O2/c1-13-14(2)27-21(18(13)10-24)25-11-16-5-8-20(19(22)9-16)26-12-15-3-6-17(23)7-4-15/h3-9,11H,12H2,1-2H3. The number of furan rings is 1. The molecule has 4 nitrogen and oxygen atoms in total. The Hall–Kier alpha value is -2.55. The second kappa shape index (κ2) is 8.43. The van der Waals surface area contributed by atoms with E-state index in [0.717, 1.165) is 26.9 Å². The van der Waals surface area contributed by atoms with Crippen molar-refractivity contribution < 1.29 is 9.15 Å². The lowest BCUT2D eigenvalue weighted by molar-refractivity contribution is 0.304. The van der Waals surface area contributed by atoms with Crippen molar-refractivity contribution in [1.29, 1.82) is 5.26 Å². The van der Waals surface area contributed by atoms with Gasteiger partial charge in [0.1, 0.15) is 29.7 Å². The van der Waals surface area contributed by atoms with Gasteiger partial charge in [0, 0.05) is 16.8 Å². The molecular weight excluding hydrogens is 428 g/mol. The SMILES string of the molecule is Cc1oc(N=Cc2ccc(OCc3ccc(Cl)cc3)c(Br)c2)c(C#N)c1C. The molecular formula is C21H16BrClN2O2. The smallest absolute Gasteiger partial charge is 0.237 e. The first-order valence-electron chi connectivity index (χ1n) is 8.19. The zero-order valence-electron chi connectivity index (χ0n) is 14.8. The molecule has 0 aliphatic heterocycles. The minimum Gasteiger partial charge on any atom is -0.488 e. The van der Waals surface area contributed by atoms with Crippen molar-refractivity contribution in [1.82, 2.24) is 0 Å². The summed E-state index contributed by atoms with van der Waals surface area (Å²) < 4.78 is 12.2. The molecule has 0 amide bonds. The second-order valence-electron chi connectivity index (χ2n) is 5.94. The maximum atomic E-state index is 9.24. The summed E-state index contributed by atoms with van der Waals surface area (Å²) in [4.78, 5) is 4.31. The summed E-state index contributed by atoms with van der Waals surface area (Å²) in [5, 5.41) is 9.94. The average molecular weight is 444 g/mol. The lowest BCUT2D eigenvalue weighted by Gasteiger charge is -2.09. The molecule has 0 radical (unpaired) electrons. The Labute approximate surface area is 171 Å². The number of aliphatic imine (C=N–C) groups is 1. The van der Waals surface area contributed by atoms with Gasteiger partial charge in [-0.25, -0.2) is 4.99 Å². The van der Waals surface area contributed by atoms with Crippen LogP contribution in [-0.2, 0) is 6.61 Å². The van der Waals surface area contributed by atoms with Crippen LogP contribution >= 0.6 is 27.5 Å². The largest absolute Gasteiger partial charge is 0.488 e. The summed E-state index contributed by atoms with van der Waals surface area (Å²) in [6.45, 7) is 4.11. The first kappa shape index (κ1) is 19.2. The molecule has 0 atom stereocenters. The van der Waals surface area contributed by atoms with Gasteiger partial charge in [-0.3, -0.25) is 0 Å². The van der Waals surface area contributed by atoms with Gasteiger partial charge in [-0.1, -0.05) is 23.7 Å². The van der Waals surface area contributed by atoms with Gasteiger partial charge in [0.15, 0.2) is 0 Å². The molecule has 1 heterocycles. The van der Waals surface area contributed by atoms with Gasteiger partial charge in [-0.05, 0) is 71.2 Å². The lowest BCUT2D eigenvalue weighted by Crippen LogP contribution is -1.96. The van der Waals surface area contributed by atoms with Gasteiger partial charge in [0.05, 0.1) is 4.47 Å². The molecule has 136 valence electrons. The van der Waals surface area contributed by atoms with E-state index in [2.05, 4.69) is 27.0 Å². The molecule has 0 aliphatic carbocycles. The summed E-state index contributed by atoms with van der Waals surface area (Å²) in [7, 11) is 0. The Morgan fingerprint density at radius 1 is 1.22 bits per heavy atom. The van der Waals surface area contributed by atoms with E-state index in [4.69, 9.17) is 20.8 Å². The van der Waals surface area contributed by atoms with Crippen LogP contribution in [0.2, 0.25) is 5.02 Å². The van der Waals surface area contributed by atoms with Crippen molar-refractivity contribution in [3.63, 3.8) is 0 Å². The van der Waals surface area contributed by atoms with Crippen molar-refractivity contribution in [2.24, 2.45) is 4.99 Å². The van der Waals surface area contributed by atoms with E-state index in [9.17, 15) is 5.26 Å². The monoisotopic (exact) mass is 442 g/mol. The summed E-state index contributed by atoms with van der Waals surface area (Å²) >= 11 is 9.41. The Morgan fingerprint density at radius 3 is 2.63 bits per heavy atom. The van der Waals surface area contributed by atoms with Crippen molar-refractivity contribution in [2.75, 3.05) is 0 Å². The molecule has 3 rings (SSSR count). The fraction of sp³-hybridized carbons (Fsp3) is 0.143. The molecule has 1 aromatic heterocycles. The van der Waals surface area contributed by atoms with Gasteiger partial charge < -0.3 is 9.15 Å². The lowest BCUT2D eigenvalue weighted by atomic mass is 10.2. The van der Waals surface area contributed by atoms with E-state index in [1.165, 1.54) is 0 Å². The van der Waals surface area contributed by atoms with E-state index in [1.807, 2.05) is 56.3 Å². The van der Waals surface area contributed by atoms with Crippen LogP contribution in [0.3, 0.4) is 0 Å². The summed E-state index contributed by atoms with van der Waals surface area (Å²) in [6, 6.07) is 15.3. The number of nitriles is 1. The molecule has 6 heteroatoms. The third-order valence-electron chi connectivity index (χ3n) is 4.07. The van der Waals surface area contributed by atoms with Crippen LogP contribution in [0.15, 0.2) is 56.3 Å². The highest BCUT2D eigenvalue weighted by molar-refractivity contribution is 9.10. The Bertz CT molecular complexity index is 1030. The van der Waals surface area contributed by atoms with E-state index in [-0.39, 0.29) is 0 Å². The topological polar surface area (TPSA) is 58.5 Å². The van der Waals surface area contributed by atoms with Crippen LogP contribution in [0.25, 0.3) is 0 Å². The van der Waals surface area contributed by atoms with Crippen molar-refractivity contribution in [2.45, 2.75) is 20.5 Å². The van der Waals surface area contributed by atoms with Gasteiger partial charge in [0.25, 0.3) is 0 Å². The molecule has 27 heavy (non-hydrogen) atoms. The van der Waals surface area contributed by atoms with Crippen LogP contribution in [0.4, 0.5) is 5.88 Å². The number of rotatable bonds is 5. The van der Waals surface area contributed by atoms with Gasteiger partial charge in [-0.2, -0.15) is 5.26 Å². The van der Waals surface area contributed by atoms with Crippen molar-refractivity contribution >= 4 is 39.6 Å². The molecule has 0 saturated heterocycles. The highest BCUT2D eigenvalue weighted by Crippen LogP contribution is 2.29. The van der Waals surface area contributed by atoms with Crippen LogP contribution < -0.4 is 4.74 Å². The first-order chi connectivity index (χ1) is 13.0. The predicted octanol–water partition coefficient (Wildman–Crippen LogP) is 6.51. The average Bonchev–Trinajstić information content (AvgIpc) is 2.94. The third kappa shape index (κ3) is 4.60. The Kier molecular flexibility index (Phi) is 6.00. The highest BCUT2D eigenvalue weighted by atomic mass is 79.9. The fourth-order valence-corrected chi connectivity index (χ4v) is 3.06. The number of benzene rings is 2. The maximum Gasteiger partial charge on any atom is 0.237 e. The number of aryl methyl sites for hydroxylation is 1. The molecule has 0 unspecified atom stereocenters. The number of hydrogen-bond acceptors (Lipinski definition) is 4. The molecule has 2 aromatic carbocycles. The van der Waals surface area contributed by atoms with Crippen molar-refractivity contribution in [3.05, 3.63) is 80.0 Å². The van der Waals surface area contributed by atoms with E-state index < -0.39 is 0 Å². The molecule has 0 spiro atoms. The van der Waals surface area contributed by atoms with Crippen LogP contribution in [-0.4, -0.2) is 6.21 Å². The van der Waals surface area contributed by atoms with Crippen LogP contribution in [0, 0.1) is 25.2 Å². The van der Waals surface area contributed by atoms with E-state index in [1.54, 1.807) is 6.21 Å². The number of halogens is 2. The maximum absolute atomic E-state index is 9.24. The minimum atomic E-state index is 0.326. The summed E-state index contributed by atoms with van der Waals surface area (Å²) in [5.74, 6) is 1.75. The molecule has 0 bridgehead atoms. The zero-order valence-corrected chi connectivity index (χ0v) is 17.1. The number of hydrogen-bond donors (Lipinski definition) is 0. The van der Waals surface area contributed by atoms with Crippen LogP contribution in [0.5, 0.6) is 5.75 Å². The second-order valence-corrected chi connectivity index (χ2v) is 7.23. The molecule has 0 N–H and O–H groups in total. The number of ether oxygens (including phenoxy) is 1. The highest BCUT2D eigenvalue weighted by Gasteiger charge is 2.13. The summed E-state index contributed by atoms with van der Waals surface area (Å²) in [5.41, 5.74) is 3.17. The predicted molar refractivity (Wildman–Crippen MR) is 110 cm³/mol. The Balaban J connectivity index is 1.72. The van der Waals surface area contributed by atoms with Crippen LogP contribution in [0.1, 0.15) is 28.0 Å². The minimum absolute atomic E-state index is 0.326. The normalized spacial score (nSPS) is 10.9. The fourth-order valence-electron chi connectivity index (χ4n) is 2.42. The van der Waals surface area contributed by atoms with E-state index in [0.29, 0.717) is 28.8 Å². The zero-order chi connectivity index (χ0) is 19.4. The molecule has 0 fully saturated rings. The van der Waals surface area contributed by atoms with Gasteiger partial charge >= 0.3 is 0 Å². The summed E-state index contributed by atoms with van der Waals surface area (Å²) in [6.07, 6.45) is 1.66. The Morgan fingerprint density at radius 2 is 1.96 bits per heavy atom. The van der Waals surface area contributed by atoms with Gasteiger partial charge in [-0.15, -0.1) is 0 Å². The molecule has 0 saturated carbocycles. The quantitative estimate of drug-likeness (QED) is 0.422. The number of nitrogens with zero attached hydrogens (tertiary/aromatic N) is 2. The van der Waals surface area contributed by atoms with Gasteiger partial charge in [0.2, 0.25) is 5.88 Å². The van der Waals surface area contributed by atoms with E-state index >= 15 is 0 Å². The molecule has 3 aromatic rings. The molecule has 0 aliphatic rings. The van der Waals surface area contributed by atoms with Crippen molar-refractivity contribution in [3.8, 4) is 11.8 Å². The third-order valence-corrected chi connectivity index (χ3v) is 4.94. The first-order valence-corrected chi connectivity index (χ1v) is 9.36.